The molecule has 2 fully saturated rings. The average Bonchev–Trinajstić information content (AvgIpc) is 3.12. The number of ketones is 1. The summed E-state index contributed by atoms with van der Waals surface area (Å²) in [6.45, 7) is 6.46. The number of hydrogen-bond donors (Lipinski definition) is 1. The lowest BCUT2D eigenvalue weighted by atomic mass is 9.98. The number of amides is 1. The van der Waals surface area contributed by atoms with Crippen LogP contribution in [-0.2, 0) is 14.3 Å². The highest BCUT2D eigenvalue weighted by atomic mass is 16.5. The van der Waals surface area contributed by atoms with E-state index >= 15 is 0 Å². The summed E-state index contributed by atoms with van der Waals surface area (Å²) in [5.41, 5.74) is 1.05. The molecular formula is C25H29N3O5. The fourth-order valence-corrected chi connectivity index (χ4v) is 4.11. The zero-order valence-electron chi connectivity index (χ0n) is 18.8. The number of aliphatic hydroxyl groups excluding tert-OH is 1. The number of aromatic nitrogens is 1. The molecule has 1 N–H and O–H groups in total. The van der Waals surface area contributed by atoms with Crippen molar-refractivity contribution in [1.29, 1.82) is 0 Å². The predicted molar refractivity (Wildman–Crippen MR) is 123 cm³/mol. The SMILES string of the molecule is CCCOc1ccc(/C(O)=C2\C(=O)C(=O)N(CCN3CCOCC3)[C@@H]2c2ccccn2)cc1. The zero-order valence-corrected chi connectivity index (χ0v) is 18.8. The molecule has 3 heterocycles. The number of benzene rings is 1. The van der Waals surface area contributed by atoms with E-state index < -0.39 is 17.7 Å². The minimum Gasteiger partial charge on any atom is -0.507 e. The van der Waals surface area contributed by atoms with Gasteiger partial charge < -0.3 is 19.5 Å². The quantitative estimate of drug-likeness (QED) is 0.375. The smallest absolute Gasteiger partial charge is 0.295 e. The second kappa shape index (κ2) is 10.6. The number of morpholine rings is 1. The molecular weight excluding hydrogens is 422 g/mol. The highest BCUT2D eigenvalue weighted by molar-refractivity contribution is 6.46. The van der Waals surface area contributed by atoms with Crippen LogP contribution in [-0.4, -0.2) is 77.6 Å². The number of carbonyl (C=O) groups is 2. The van der Waals surface area contributed by atoms with Crippen molar-refractivity contribution in [3.8, 4) is 5.75 Å². The van der Waals surface area contributed by atoms with Crippen molar-refractivity contribution in [2.45, 2.75) is 19.4 Å². The first-order valence-corrected chi connectivity index (χ1v) is 11.3. The first-order valence-electron chi connectivity index (χ1n) is 11.3. The number of likely N-dealkylation sites (tertiary alicyclic amines) is 1. The van der Waals surface area contributed by atoms with Gasteiger partial charge in [0, 0.05) is 37.9 Å². The minimum atomic E-state index is -0.747. The van der Waals surface area contributed by atoms with E-state index in [-0.39, 0.29) is 11.3 Å². The van der Waals surface area contributed by atoms with Crippen LogP contribution in [0.25, 0.3) is 5.76 Å². The van der Waals surface area contributed by atoms with Crippen molar-refractivity contribution in [1.82, 2.24) is 14.8 Å². The molecule has 0 spiro atoms. The van der Waals surface area contributed by atoms with E-state index in [1.807, 2.05) is 13.0 Å². The second-order valence-electron chi connectivity index (χ2n) is 8.07. The normalized spacial score (nSPS) is 20.9. The fourth-order valence-electron chi connectivity index (χ4n) is 4.11. The summed E-state index contributed by atoms with van der Waals surface area (Å²) in [7, 11) is 0. The van der Waals surface area contributed by atoms with E-state index in [0.717, 1.165) is 19.5 Å². The van der Waals surface area contributed by atoms with E-state index in [9.17, 15) is 14.7 Å². The molecule has 0 unspecified atom stereocenters. The van der Waals surface area contributed by atoms with E-state index in [4.69, 9.17) is 9.47 Å². The molecule has 1 amide bonds. The summed E-state index contributed by atoms with van der Waals surface area (Å²) in [6, 6.07) is 11.5. The average molecular weight is 452 g/mol. The van der Waals surface area contributed by atoms with Crippen LogP contribution in [0.2, 0.25) is 0 Å². The van der Waals surface area contributed by atoms with Crippen molar-refractivity contribution >= 4 is 17.4 Å². The van der Waals surface area contributed by atoms with Crippen LogP contribution >= 0.6 is 0 Å². The van der Waals surface area contributed by atoms with Gasteiger partial charge in [0.15, 0.2) is 0 Å². The molecule has 0 saturated carbocycles. The summed E-state index contributed by atoms with van der Waals surface area (Å²) in [5, 5.41) is 11.1. The summed E-state index contributed by atoms with van der Waals surface area (Å²) in [5.74, 6) is -0.847. The van der Waals surface area contributed by atoms with Crippen molar-refractivity contribution in [2.24, 2.45) is 0 Å². The molecule has 1 aromatic heterocycles. The van der Waals surface area contributed by atoms with Gasteiger partial charge in [0.2, 0.25) is 0 Å². The van der Waals surface area contributed by atoms with Gasteiger partial charge in [0.1, 0.15) is 17.6 Å². The number of ether oxygens (including phenoxy) is 2. The van der Waals surface area contributed by atoms with Crippen LogP contribution in [0.4, 0.5) is 0 Å². The Labute approximate surface area is 193 Å². The largest absolute Gasteiger partial charge is 0.507 e. The third kappa shape index (κ3) is 5.07. The Morgan fingerprint density at radius 1 is 1.12 bits per heavy atom. The molecule has 4 rings (SSSR count). The Morgan fingerprint density at radius 2 is 1.88 bits per heavy atom. The minimum absolute atomic E-state index is 0.0582. The molecule has 1 aromatic carbocycles. The van der Waals surface area contributed by atoms with Crippen molar-refractivity contribution < 1.29 is 24.2 Å². The second-order valence-corrected chi connectivity index (χ2v) is 8.07. The van der Waals surface area contributed by atoms with Gasteiger partial charge >= 0.3 is 0 Å². The zero-order chi connectivity index (χ0) is 23.2. The number of nitrogens with zero attached hydrogens (tertiary/aromatic N) is 3. The number of carbonyl (C=O) groups excluding carboxylic acids is 2. The number of rotatable bonds is 8. The molecule has 33 heavy (non-hydrogen) atoms. The molecule has 1 atom stereocenters. The summed E-state index contributed by atoms with van der Waals surface area (Å²) in [6.07, 6.45) is 2.51. The number of Topliss-reactive ketones (excluding diaryl/α,β-unsaturated/α-hetero) is 1. The summed E-state index contributed by atoms with van der Waals surface area (Å²) < 4.78 is 11.0. The van der Waals surface area contributed by atoms with Crippen LogP contribution in [0.15, 0.2) is 54.2 Å². The topological polar surface area (TPSA) is 92.2 Å². The molecule has 8 nitrogen and oxygen atoms in total. The Morgan fingerprint density at radius 3 is 2.55 bits per heavy atom. The maximum Gasteiger partial charge on any atom is 0.295 e. The highest BCUT2D eigenvalue weighted by Gasteiger charge is 2.46. The predicted octanol–water partition coefficient (Wildman–Crippen LogP) is 2.62. The highest BCUT2D eigenvalue weighted by Crippen LogP contribution is 2.38. The van der Waals surface area contributed by atoms with Gasteiger partial charge in [-0.15, -0.1) is 0 Å². The lowest BCUT2D eigenvalue weighted by Crippen LogP contribution is -2.42. The lowest BCUT2D eigenvalue weighted by Gasteiger charge is -2.30. The van der Waals surface area contributed by atoms with Gasteiger partial charge in [-0.2, -0.15) is 0 Å². The Balaban J connectivity index is 1.66. The number of pyridine rings is 1. The Hall–Kier alpha value is -3.23. The van der Waals surface area contributed by atoms with Gasteiger partial charge in [-0.1, -0.05) is 13.0 Å². The van der Waals surface area contributed by atoms with Crippen molar-refractivity contribution in [2.75, 3.05) is 46.0 Å². The van der Waals surface area contributed by atoms with E-state index in [2.05, 4.69) is 9.88 Å². The van der Waals surface area contributed by atoms with Crippen LogP contribution in [0, 0.1) is 0 Å². The number of hydrogen-bond acceptors (Lipinski definition) is 7. The Bertz CT molecular complexity index is 1000. The molecule has 2 aromatic rings. The van der Waals surface area contributed by atoms with Gasteiger partial charge in [0.25, 0.3) is 11.7 Å². The van der Waals surface area contributed by atoms with Crippen LogP contribution in [0.5, 0.6) is 5.75 Å². The lowest BCUT2D eigenvalue weighted by molar-refractivity contribution is -0.140. The van der Waals surface area contributed by atoms with Gasteiger partial charge in [0.05, 0.1) is 31.1 Å². The molecule has 8 heteroatoms. The maximum atomic E-state index is 13.1. The molecule has 2 aliphatic heterocycles. The van der Waals surface area contributed by atoms with Gasteiger partial charge in [-0.3, -0.25) is 19.5 Å². The maximum absolute atomic E-state index is 13.1. The van der Waals surface area contributed by atoms with Gasteiger partial charge in [-0.25, -0.2) is 0 Å². The van der Waals surface area contributed by atoms with Crippen molar-refractivity contribution in [3.05, 3.63) is 65.5 Å². The summed E-state index contributed by atoms with van der Waals surface area (Å²) >= 11 is 0. The monoisotopic (exact) mass is 451 g/mol. The first kappa shape index (κ1) is 22.9. The van der Waals surface area contributed by atoms with Crippen LogP contribution in [0.3, 0.4) is 0 Å². The van der Waals surface area contributed by atoms with Crippen LogP contribution in [0.1, 0.15) is 30.6 Å². The molecule has 2 saturated heterocycles. The molecule has 174 valence electrons. The summed E-state index contributed by atoms with van der Waals surface area (Å²) in [4.78, 5) is 34.2. The third-order valence-corrected chi connectivity index (χ3v) is 5.87. The van der Waals surface area contributed by atoms with Crippen LogP contribution < -0.4 is 4.74 Å². The Kier molecular flexibility index (Phi) is 7.36. The molecule has 0 bridgehead atoms. The molecule has 0 radical (unpaired) electrons. The number of aliphatic hydroxyl groups is 1. The standard InChI is InChI=1S/C25H29N3O5/c1-2-15-33-19-8-6-18(7-9-19)23(29)21-22(20-5-3-4-10-26-20)28(25(31)24(21)30)12-11-27-13-16-32-17-14-27/h3-10,22,29H,2,11-17H2,1H3/b23-21+/t22-/m1/s1. The van der Waals surface area contributed by atoms with Gasteiger partial charge in [-0.05, 0) is 42.8 Å². The van der Waals surface area contributed by atoms with E-state index in [1.165, 1.54) is 4.90 Å². The first-order chi connectivity index (χ1) is 16.1. The van der Waals surface area contributed by atoms with E-state index in [0.29, 0.717) is 49.9 Å². The molecule has 2 aliphatic rings. The molecule has 0 aliphatic carbocycles. The van der Waals surface area contributed by atoms with E-state index in [1.54, 1.807) is 42.6 Å². The fraction of sp³-hybridized carbons (Fsp3) is 0.400. The van der Waals surface area contributed by atoms with Crippen molar-refractivity contribution in [3.63, 3.8) is 0 Å². The third-order valence-electron chi connectivity index (χ3n) is 5.87.